The van der Waals surface area contributed by atoms with Crippen LogP contribution >= 0.6 is 0 Å². The van der Waals surface area contributed by atoms with E-state index in [1.54, 1.807) is 12.1 Å². The molecule has 0 amide bonds. The van der Waals surface area contributed by atoms with Crippen molar-refractivity contribution in [1.29, 1.82) is 0 Å². The van der Waals surface area contributed by atoms with Crippen LogP contribution in [0.3, 0.4) is 0 Å². The summed E-state index contributed by atoms with van der Waals surface area (Å²) in [6.07, 6.45) is 3.97. The minimum absolute atomic E-state index is 0. The standard InChI is InChI=1S/C23H19N2O3.HI/c1-2-24-19(10-7-17-5-3-4-6-22(17)24)13-14-21-15-16-23(28-21)18-8-11-20(12-9-18)25(26)27;/h3-16H,2H2,1H3;1H/q+1;/p-1. The molecular weight excluding hydrogens is 479 g/mol. The summed E-state index contributed by atoms with van der Waals surface area (Å²) in [5, 5.41) is 12.0. The first-order valence-electron chi connectivity index (χ1n) is 9.10. The zero-order chi connectivity index (χ0) is 19.5. The number of hydrogen-bond acceptors (Lipinski definition) is 3. The van der Waals surface area contributed by atoms with Crippen LogP contribution in [0, 0.1) is 10.1 Å². The predicted octanol–water partition coefficient (Wildman–Crippen LogP) is 2.49. The Morgan fingerprint density at radius 1 is 0.966 bits per heavy atom. The summed E-state index contributed by atoms with van der Waals surface area (Å²) in [6.45, 7) is 3.00. The Bertz CT molecular complexity index is 1180. The first-order chi connectivity index (χ1) is 13.7. The lowest BCUT2D eigenvalue weighted by Gasteiger charge is -2.02. The normalized spacial score (nSPS) is 10.9. The highest BCUT2D eigenvalue weighted by atomic mass is 127. The number of hydrogen-bond donors (Lipinski definition) is 0. The maximum absolute atomic E-state index is 10.8. The summed E-state index contributed by atoms with van der Waals surface area (Å²) in [7, 11) is 0. The third-order valence-corrected chi connectivity index (χ3v) is 4.70. The van der Waals surface area contributed by atoms with Gasteiger partial charge in [-0.25, -0.2) is 0 Å². The molecule has 4 rings (SSSR count). The van der Waals surface area contributed by atoms with Crippen LogP contribution in [0.25, 0.3) is 34.4 Å². The number of fused-ring (bicyclic) bond motifs is 1. The van der Waals surface area contributed by atoms with Crippen molar-refractivity contribution in [2.24, 2.45) is 0 Å². The number of rotatable bonds is 5. The van der Waals surface area contributed by atoms with E-state index in [0.717, 1.165) is 23.6 Å². The summed E-state index contributed by atoms with van der Waals surface area (Å²) in [5.41, 5.74) is 3.16. The summed E-state index contributed by atoms with van der Waals surface area (Å²) < 4.78 is 8.14. The molecule has 0 unspecified atom stereocenters. The molecule has 0 fully saturated rings. The van der Waals surface area contributed by atoms with Gasteiger partial charge in [0.05, 0.1) is 4.92 Å². The van der Waals surface area contributed by atoms with Crippen LogP contribution in [-0.2, 0) is 6.54 Å². The number of aryl methyl sites for hydroxylation is 1. The maximum atomic E-state index is 10.8. The number of aromatic nitrogens is 1. The number of furan rings is 1. The molecule has 2 aromatic carbocycles. The molecule has 0 aliphatic heterocycles. The Morgan fingerprint density at radius 3 is 2.45 bits per heavy atom. The summed E-state index contributed by atoms with van der Waals surface area (Å²) in [5.74, 6) is 1.40. The number of benzene rings is 2. The van der Waals surface area contributed by atoms with Gasteiger partial charge in [0.25, 0.3) is 5.69 Å². The molecule has 29 heavy (non-hydrogen) atoms. The Hall–Kier alpha value is -3.00. The van der Waals surface area contributed by atoms with Crippen molar-refractivity contribution >= 4 is 28.7 Å². The van der Waals surface area contributed by atoms with Crippen LogP contribution in [0.15, 0.2) is 77.2 Å². The second-order valence-electron chi connectivity index (χ2n) is 6.40. The van der Waals surface area contributed by atoms with Crippen molar-refractivity contribution in [1.82, 2.24) is 0 Å². The first kappa shape index (κ1) is 20.7. The van der Waals surface area contributed by atoms with Gasteiger partial charge in [-0.1, -0.05) is 12.1 Å². The van der Waals surface area contributed by atoms with E-state index in [0.29, 0.717) is 5.76 Å². The average Bonchev–Trinajstić information content (AvgIpc) is 3.21. The first-order valence-corrected chi connectivity index (χ1v) is 9.10. The third kappa shape index (κ3) is 4.37. The van der Waals surface area contributed by atoms with E-state index in [9.17, 15) is 10.1 Å². The van der Waals surface area contributed by atoms with Crippen LogP contribution in [0.5, 0.6) is 0 Å². The molecule has 0 aliphatic rings. The fraction of sp³-hybridized carbons (Fsp3) is 0.0870. The predicted molar refractivity (Wildman–Crippen MR) is 110 cm³/mol. The molecule has 6 heteroatoms. The molecule has 5 nitrogen and oxygen atoms in total. The molecule has 146 valence electrons. The Kier molecular flexibility index (Phi) is 6.43. The number of nitro benzene ring substituents is 1. The minimum Gasteiger partial charge on any atom is -1.00 e. The lowest BCUT2D eigenvalue weighted by atomic mass is 10.1. The highest BCUT2D eigenvalue weighted by Crippen LogP contribution is 2.25. The van der Waals surface area contributed by atoms with Crippen LogP contribution in [0.1, 0.15) is 18.4 Å². The van der Waals surface area contributed by atoms with Crippen LogP contribution < -0.4 is 28.5 Å². The molecule has 0 spiro atoms. The molecule has 0 bridgehead atoms. The number of pyridine rings is 1. The third-order valence-electron chi connectivity index (χ3n) is 4.70. The Morgan fingerprint density at radius 2 is 1.72 bits per heavy atom. The van der Waals surface area contributed by atoms with Crippen molar-refractivity contribution in [3.8, 4) is 11.3 Å². The lowest BCUT2D eigenvalue weighted by molar-refractivity contribution is -0.669. The van der Waals surface area contributed by atoms with E-state index in [4.69, 9.17) is 4.42 Å². The van der Waals surface area contributed by atoms with Gasteiger partial charge < -0.3 is 28.4 Å². The number of para-hydroxylation sites is 1. The van der Waals surface area contributed by atoms with Gasteiger partial charge in [-0.05, 0) is 49.4 Å². The largest absolute Gasteiger partial charge is 1.00 e. The molecule has 2 aromatic heterocycles. The molecule has 0 saturated heterocycles. The minimum atomic E-state index is -0.410. The van der Waals surface area contributed by atoms with Gasteiger partial charge in [-0.3, -0.25) is 10.1 Å². The number of halogens is 1. The summed E-state index contributed by atoms with van der Waals surface area (Å²) in [6, 6.07) is 22.6. The van der Waals surface area contributed by atoms with Gasteiger partial charge in [0, 0.05) is 41.3 Å². The van der Waals surface area contributed by atoms with Crippen molar-refractivity contribution in [2.75, 3.05) is 0 Å². The van der Waals surface area contributed by atoms with Crippen molar-refractivity contribution < 1.29 is 37.9 Å². The fourth-order valence-electron chi connectivity index (χ4n) is 3.29. The fourth-order valence-corrected chi connectivity index (χ4v) is 3.29. The molecule has 0 saturated carbocycles. The SMILES string of the molecule is CC[n+]1c(C=Cc2ccc(-c3ccc([N+](=O)[O-])cc3)o2)ccc2ccccc21.[I-]. The second kappa shape index (κ2) is 9.00. The lowest BCUT2D eigenvalue weighted by Crippen LogP contribution is -3.00. The van der Waals surface area contributed by atoms with Crippen LogP contribution in [-0.4, -0.2) is 4.92 Å². The van der Waals surface area contributed by atoms with Gasteiger partial charge in [0.1, 0.15) is 18.1 Å². The van der Waals surface area contributed by atoms with Crippen LogP contribution in [0.2, 0.25) is 0 Å². The van der Waals surface area contributed by atoms with Gasteiger partial charge in [0.15, 0.2) is 0 Å². The van der Waals surface area contributed by atoms with Gasteiger partial charge >= 0.3 is 0 Å². The van der Waals surface area contributed by atoms with Gasteiger partial charge in [0.2, 0.25) is 11.2 Å². The topological polar surface area (TPSA) is 60.2 Å². The molecule has 0 N–H and O–H groups in total. The molecule has 0 radical (unpaired) electrons. The van der Waals surface area contributed by atoms with Crippen molar-refractivity contribution in [3.05, 3.63) is 94.4 Å². The quantitative estimate of drug-likeness (QED) is 0.184. The van der Waals surface area contributed by atoms with E-state index in [1.165, 1.54) is 23.0 Å². The highest BCUT2D eigenvalue weighted by Gasteiger charge is 2.12. The highest BCUT2D eigenvalue weighted by molar-refractivity contribution is 5.77. The van der Waals surface area contributed by atoms with E-state index < -0.39 is 4.92 Å². The van der Waals surface area contributed by atoms with Gasteiger partial charge in [-0.2, -0.15) is 4.57 Å². The molecule has 2 heterocycles. The Balaban J connectivity index is 0.00000240. The molecule has 4 aromatic rings. The van der Waals surface area contributed by atoms with E-state index >= 15 is 0 Å². The number of nitro groups is 1. The smallest absolute Gasteiger partial charge is 0.269 e. The molecule has 0 atom stereocenters. The van der Waals surface area contributed by atoms with Crippen molar-refractivity contribution in [2.45, 2.75) is 13.5 Å². The maximum Gasteiger partial charge on any atom is 0.269 e. The van der Waals surface area contributed by atoms with E-state index in [2.05, 4.69) is 35.8 Å². The number of nitrogens with zero attached hydrogens (tertiary/aromatic N) is 2. The monoisotopic (exact) mass is 498 g/mol. The zero-order valence-electron chi connectivity index (χ0n) is 15.8. The second-order valence-corrected chi connectivity index (χ2v) is 6.40. The van der Waals surface area contributed by atoms with Crippen LogP contribution in [0.4, 0.5) is 5.69 Å². The van der Waals surface area contributed by atoms with E-state index in [-0.39, 0.29) is 29.7 Å². The Labute approximate surface area is 185 Å². The van der Waals surface area contributed by atoms with Crippen molar-refractivity contribution in [3.63, 3.8) is 0 Å². The van der Waals surface area contributed by atoms with Gasteiger partial charge in [-0.15, -0.1) is 0 Å². The number of non-ortho nitro benzene ring substituents is 1. The zero-order valence-corrected chi connectivity index (χ0v) is 17.9. The summed E-state index contributed by atoms with van der Waals surface area (Å²) >= 11 is 0. The molecular formula is C23H19IN2O3. The summed E-state index contributed by atoms with van der Waals surface area (Å²) in [4.78, 5) is 10.4. The average molecular weight is 498 g/mol. The molecule has 0 aliphatic carbocycles. The van der Waals surface area contributed by atoms with E-state index in [1.807, 2.05) is 36.4 Å².